The first-order valence-corrected chi connectivity index (χ1v) is 11.0. The number of aryl methyl sites for hydroxylation is 2. The molecule has 0 saturated carbocycles. The highest BCUT2D eigenvalue weighted by atomic mass is 15.3. The molecule has 0 saturated heterocycles. The summed E-state index contributed by atoms with van der Waals surface area (Å²) in [6, 6.07) is 26.2. The Morgan fingerprint density at radius 2 is 1.30 bits per heavy atom. The van der Waals surface area contributed by atoms with Crippen LogP contribution in [0.25, 0.3) is 0 Å². The van der Waals surface area contributed by atoms with Gasteiger partial charge in [0.15, 0.2) is 0 Å². The summed E-state index contributed by atoms with van der Waals surface area (Å²) >= 11 is 0. The lowest BCUT2D eigenvalue weighted by molar-refractivity contribution is -0.657. The number of anilines is 1. The highest BCUT2D eigenvalue weighted by Gasteiger charge is 2.10. The van der Waals surface area contributed by atoms with Crippen LogP contribution in [0.2, 0.25) is 0 Å². The lowest BCUT2D eigenvalue weighted by Crippen LogP contribution is -2.25. The molecule has 4 rings (SSSR count). The number of hydrogen-bond donors (Lipinski definition) is 0. The van der Waals surface area contributed by atoms with E-state index in [1.54, 1.807) is 0 Å². The number of benzene rings is 3. The largest absolute Gasteiger partial charge is 0.421 e. The zero-order valence-electron chi connectivity index (χ0n) is 19.2. The second kappa shape index (κ2) is 10.5. The van der Waals surface area contributed by atoms with Crippen molar-refractivity contribution in [1.82, 2.24) is 4.57 Å². The SMILES string of the molecule is CCN(Cc1ccccc1)c1ccc(/N=N/c2ccc(/N=N/c3n(C)cc[n+]3C)cc2)cc1. The fourth-order valence-corrected chi connectivity index (χ4v) is 3.45. The standard InChI is InChI=1S/C26H28N7/c1-4-33(20-21-8-6-5-7-9-21)25-16-14-24(15-17-25)28-27-22-10-12-23(13-11-22)29-30-26-31(2)18-19-32(26)3/h5-19H,4,20H2,1-3H3/q+1. The number of azo groups is 2. The van der Waals surface area contributed by atoms with Gasteiger partial charge in [0, 0.05) is 23.9 Å². The van der Waals surface area contributed by atoms with Crippen molar-refractivity contribution in [2.75, 3.05) is 11.4 Å². The van der Waals surface area contributed by atoms with E-state index in [1.165, 1.54) is 11.3 Å². The van der Waals surface area contributed by atoms with Crippen LogP contribution in [0.1, 0.15) is 12.5 Å². The van der Waals surface area contributed by atoms with Gasteiger partial charge in [0.25, 0.3) is 0 Å². The van der Waals surface area contributed by atoms with Gasteiger partial charge < -0.3 is 4.90 Å². The molecule has 0 spiro atoms. The molecule has 7 nitrogen and oxygen atoms in total. The maximum Gasteiger partial charge on any atom is 0.421 e. The lowest BCUT2D eigenvalue weighted by Gasteiger charge is -2.23. The third-order valence-electron chi connectivity index (χ3n) is 5.34. The highest BCUT2D eigenvalue weighted by Crippen LogP contribution is 2.25. The molecule has 1 heterocycles. The van der Waals surface area contributed by atoms with Gasteiger partial charge in [-0.25, -0.2) is 9.13 Å². The molecule has 7 heteroatoms. The van der Waals surface area contributed by atoms with Crippen molar-refractivity contribution < 1.29 is 4.57 Å². The Labute approximate surface area is 194 Å². The summed E-state index contributed by atoms with van der Waals surface area (Å²) in [6.45, 7) is 3.98. The van der Waals surface area contributed by atoms with Crippen LogP contribution in [-0.4, -0.2) is 11.1 Å². The van der Waals surface area contributed by atoms with Crippen LogP contribution in [0.3, 0.4) is 0 Å². The van der Waals surface area contributed by atoms with E-state index in [-0.39, 0.29) is 0 Å². The van der Waals surface area contributed by atoms with Gasteiger partial charge in [0.05, 0.1) is 37.9 Å². The van der Waals surface area contributed by atoms with Gasteiger partial charge in [-0.1, -0.05) is 35.4 Å². The molecule has 1 aromatic heterocycles. The smallest absolute Gasteiger partial charge is 0.367 e. The summed E-state index contributed by atoms with van der Waals surface area (Å²) in [4.78, 5) is 2.33. The van der Waals surface area contributed by atoms with Gasteiger partial charge in [-0.05, 0) is 61.0 Å². The molecule has 3 aromatic carbocycles. The fourth-order valence-electron chi connectivity index (χ4n) is 3.45. The molecular formula is C26H28N7+. The van der Waals surface area contributed by atoms with Gasteiger partial charge in [0.2, 0.25) is 0 Å². The minimum atomic E-state index is 0.762. The van der Waals surface area contributed by atoms with E-state index < -0.39 is 0 Å². The van der Waals surface area contributed by atoms with Crippen molar-refractivity contribution in [3.8, 4) is 0 Å². The van der Waals surface area contributed by atoms with Crippen molar-refractivity contribution in [3.63, 3.8) is 0 Å². The number of imidazole rings is 1. The van der Waals surface area contributed by atoms with Crippen LogP contribution in [0, 0.1) is 0 Å². The quantitative estimate of drug-likeness (QED) is 0.223. The zero-order valence-corrected chi connectivity index (χ0v) is 19.2. The molecule has 0 aliphatic carbocycles. The Balaban J connectivity index is 1.38. The Kier molecular flexibility index (Phi) is 6.99. The van der Waals surface area contributed by atoms with E-state index in [0.717, 1.165) is 36.1 Å². The predicted molar refractivity (Wildman–Crippen MR) is 131 cm³/mol. The van der Waals surface area contributed by atoms with Gasteiger partial charge in [0.1, 0.15) is 5.69 Å². The molecule has 0 fully saturated rings. The average Bonchev–Trinajstić information content (AvgIpc) is 3.18. The highest BCUT2D eigenvalue weighted by molar-refractivity contribution is 5.53. The van der Waals surface area contributed by atoms with Gasteiger partial charge in [-0.15, -0.1) is 0 Å². The van der Waals surface area contributed by atoms with E-state index in [1.807, 2.05) is 78.1 Å². The maximum absolute atomic E-state index is 4.37. The molecule has 0 amide bonds. The summed E-state index contributed by atoms with van der Waals surface area (Å²) in [5.74, 6) is 0.771. The molecular weight excluding hydrogens is 410 g/mol. The molecule has 4 aromatic rings. The van der Waals surface area contributed by atoms with Crippen LogP contribution in [0.15, 0.2) is 112 Å². The molecule has 33 heavy (non-hydrogen) atoms. The van der Waals surface area contributed by atoms with E-state index >= 15 is 0 Å². The van der Waals surface area contributed by atoms with Crippen molar-refractivity contribution in [3.05, 3.63) is 96.8 Å². The lowest BCUT2D eigenvalue weighted by atomic mass is 10.2. The number of nitrogens with zero attached hydrogens (tertiary/aromatic N) is 7. The van der Waals surface area contributed by atoms with E-state index in [0.29, 0.717) is 0 Å². The summed E-state index contributed by atoms with van der Waals surface area (Å²) < 4.78 is 3.83. The first-order chi connectivity index (χ1) is 16.1. The summed E-state index contributed by atoms with van der Waals surface area (Å²) in [5, 5.41) is 17.3. The first-order valence-electron chi connectivity index (χ1n) is 11.0. The Morgan fingerprint density at radius 3 is 1.82 bits per heavy atom. The van der Waals surface area contributed by atoms with Crippen LogP contribution in [-0.2, 0) is 20.6 Å². The van der Waals surface area contributed by atoms with Crippen LogP contribution in [0.5, 0.6) is 0 Å². The minimum Gasteiger partial charge on any atom is -0.367 e. The van der Waals surface area contributed by atoms with Crippen molar-refractivity contribution in [2.24, 2.45) is 34.6 Å². The number of hydrogen-bond acceptors (Lipinski definition) is 5. The minimum absolute atomic E-state index is 0.762. The van der Waals surface area contributed by atoms with E-state index in [9.17, 15) is 0 Å². The van der Waals surface area contributed by atoms with Gasteiger partial charge in [-0.2, -0.15) is 10.2 Å². The second-order valence-corrected chi connectivity index (χ2v) is 7.75. The van der Waals surface area contributed by atoms with Crippen LogP contribution in [0.4, 0.5) is 28.7 Å². The molecule has 0 aliphatic rings. The number of rotatable bonds is 8. The molecule has 0 N–H and O–H groups in total. The number of aromatic nitrogens is 2. The summed E-state index contributed by atoms with van der Waals surface area (Å²) in [7, 11) is 3.88. The molecule has 0 atom stereocenters. The van der Waals surface area contributed by atoms with E-state index in [2.05, 4.69) is 68.7 Å². The summed E-state index contributed by atoms with van der Waals surface area (Å²) in [5.41, 5.74) is 4.80. The second-order valence-electron chi connectivity index (χ2n) is 7.75. The molecule has 0 bridgehead atoms. The van der Waals surface area contributed by atoms with E-state index in [4.69, 9.17) is 0 Å². The third kappa shape index (κ3) is 5.77. The van der Waals surface area contributed by atoms with Crippen molar-refractivity contribution >= 4 is 28.7 Å². The Hall–Kier alpha value is -4.13. The molecule has 0 radical (unpaired) electrons. The monoisotopic (exact) mass is 438 g/mol. The molecule has 0 unspecified atom stereocenters. The maximum atomic E-state index is 4.37. The van der Waals surface area contributed by atoms with Crippen LogP contribution >= 0.6 is 0 Å². The van der Waals surface area contributed by atoms with Crippen molar-refractivity contribution in [2.45, 2.75) is 13.5 Å². The summed E-state index contributed by atoms with van der Waals surface area (Å²) in [6.07, 6.45) is 3.88. The van der Waals surface area contributed by atoms with Gasteiger partial charge >= 0.3 is 5.95 Å². The van der Waals surface area contributed by atoms with Crippen molar-refractivity contribution in [1.29, 1.82) is 0 Å². The zero-order chi connectivity index (χ0) is 23.0. The normalized spacial score (nSPS) is 11.5. The average molecular weight is 439 g/mol. The molecule has 166 valence electrons. The Morgan fingerprint density at radius 1 is 0.758 bits per heavy atom. The third-order valence-corrected chi connectivity index (χ3v) is 5.34. The fraction of sp³-hybridized carbons (Fsp3) is 0.192. The topological polar surface area (TPSA) is 61.5 Å². The first kappa shape index (κ1) is 22.1. The molecule has 0 aliphatic heterocycles. The van der Waals surface area contributed by atoms with Gasteiger partial charge in [-0.3, -0.25) is 0 Å². The Bertz CT molecular complexity index is 1200. The predicted octanol–water partition coefficient (Wildman–Crippen LogP) is 6.71. The van der Waals surface area contributed by atoms with Crippen LogP contribution < -0.4 is 9.47 Å².